The minimum Gasteiger partial charge on any atom is -0.468 e. The summed E-state index contributed by atoms with van der Waals surface area (Å²) in [5, 5.41) is 2.93. The SMILES string of the molecule is CCC=C(C)C(=O)NCC(c1ccco1)N(C)C. The summed E-state index contributed by atoms with van der Waals surface area (Å²) in [4.78, 5) is 13.8. The van der Waals surface area contributed by atoms with Gasteiger partial charge in [-0.05, 0) is 39.6 Å². The maximum atomic E-state index is 11.8. The van der Waals surface area contributed by atoms with Crippen molar-refractivity contribution in [3.8, 4) is 0 Å². The zero-order valence-electron chi connectivity index (χ0n) is 11.6. The van der Waals surface area contributed by atoms with Crippen molar-refractivity contribution in [2.45, 2.75) is 26.3 Å². The van der Waals surface area contributed by atoms with Gasteiger partial charge in [0.25, 0.3) is 0 Å². The molecule has 0 fully saturated rings. The van der Waals surface area contributed by atoms with Gasteiger partial charge in [-0.15, -0.1) is 0 Å². The maximum absolute atomic E-state index is 11.8. The first kappa shape index (κ1) is 14.5. The fourth-order valence-corrected chi connectivity index (χ4v) is 1.75. The summed E-state index contributed by atoms with van der Waals surface area (Å²) in [5.74, 6) is 0.840. The van der Waals surface area contributed by atoms with Crippen LogP contribution in [0.25, 0.3) is 0 Å². The zero-order valence-corrected chi connectivity index (χ0v) is 11.6. The normalized spacial score (nSPS) is 13.7. The van der Waals surface area contributed by atoms with Crippen molar-refractivity contribution in [3.63, 3.8) is 0 Å². The number of carbonyl (C=O) groups excluding carboxylic acids is 1. The van der Waals surface area contributed by atoms with E-state index in [-0.39, 0.29) is 11.9 Å². The Bertz CT molecular complexity index is 394. The van der Waals surface area contributed by atoms with E-state index in [1.165, 1.54) is 0 Å². The third-order valence-corrected chi connectivity index (χ3v) is 2.82. The molecule has 1 heterocycles. The second-order valence-corrected chi connectivity index (χ2v) is 4.50. The Balaban J connectivity index is 2.59. The minimum absolute atomic E-state index is 0.0183. The van der Waals surface area contributed by atoms with Crippen LogP contribution in [0.1, 0.15) is 32.1 Å². The Kier molecular flexibility index (Phi) is 5.65. The molecule has 18 heavy (non-hydrogen) atoms. The van der Waals surface area contributed by atoms with Crippen LogP contribution in [0.5, 0.6) is 0 Å². The summed E-state index contributed by atoms with van der Waals surface area (Å²) in [6, 6.07) is 3.83. The Morgan fingerprint density at radius 2 is 2.28 bits per heavy atom. The first-order valence-electron chi connectivity index (χ1n) is 6.21. The number of hydrogen-bond donors (Lipinski definition) is 1. The number of allylic oxidation sites excluding steroid dienone is 1. The van der Waals surface area contributed by atoms with Gasteiger partial charge < -0.3 is 9.73 Å². The van der Waals surface area contributed by atoms with Crippen LogP contribution in [-0.2, 0) is 4.79 Å². The monoisotopic (exact) mass is 250 g/mol. The molecule has 4 nitrogen and oxygen atoms in total. The lowest BCUT2D eigenvalue weighted by Crippen LogP contribution is -2.34. The van der Waals surface area contributed by atoms with Crippen LogP contribution >= 0.6 is 0 Å². The molecule has 0 aromatic carbocycles. The van der Waals surface area contributed by atoms with Gasteiger partial charge in [0.1, 0.15) is 5.76 Å². The van der Waals surface area contributed by atoms with Gasteiger partial charge in [0, 0.05) is 12.1 Å². The van der Waals surface area contributed by atoms with Crippen molar-refractivity contribution < 1.29 is 9.21 Å². The van der Waals surface area contributed by atoms with Gasteiger partial charge in [-0.3, -0.25) is 9.69 Å². The van der Waals surface area contributed by atoms with Crippen LogP contribution in [0.3, 0.4) is 0 Å². The van der Waals surface area contributed by atoms with E-state index in [1.54, 1.807) is 6.26 Å². The average molecular weight is 250 g/mol. The third-order valence-electron chi connectivity index (χ3n) is 2.82. The van der Waals surface area contributed by atoms with Crippen LogP contribution < -0.4 is 5.32 Å². The molecule has 1 aromatic heterocycles. The average Bonchev–Trinajstić information content (AvgIpc) is 2.82. The van der Waals surface area contributed by atoms with E-state index in [0.29, 0.717) is 6.54 Å². The Labute approximate surface area is 109 Å². The van der Waals surface area contributed by atoms with E-state index in [0.717, 1.165) is 17.8 Å². The Hall–Kier alpha value is -1.55. The van der Waals surface area contributed by atoms with Crippen molar-refractivity contribution in [2.75, 3.05) is 20.6 Å². The number of hydrogen-bond acceptors (Lipinski definition) is 3. The van der Waals surface area contributed by atoms with Crippen LogP contribution in [-0.4, -0.2) is 31.4 Å². The number of nitrogens with one attached hydrogen (secondary N) is 1. The summed E-state index contributed by atoms with van der Waals surface area (Å²) >= 11 is 0. The zero-order chi connectivity index (χ0) is 13.5. The largest absolute Gasteiger partial charge is 0.468 e. The van der Waals surface area contributed by atoms with E-state index < -0.39 is 0 Å². The molecule has 100 valence electrons. The van der Waals surface area contributed by atoms with Crippen LogP contribution in [0.4, 0.5) is 0 Å². The van der Waals surface area contributed by atoms with Crippen LogP contribution in [0.2, 0.25) is 0 Å². The highest BCUT2D eigenvalue weighted by molar-refractivity contribution is 5.92. The second kappa shape index (κ2) is 7.01. The van der Waals surface area contributed by atoms with Gasteiger partial charge in [-0.1, -0.05) is 13.0 Å². The predicted molar refractivity (Wildman–Crippen MR) is 72.2 cm³/mol. The maximum Gasteiger partial charge on any atom is 0.246 e. The van der Waals surface area contributed by atoms with Crippen LogP contribution in [0.15, 0.2) is 34.5 Å². The smallest absolute Gasteiger partial charge is 0.246 e. The molecule has 0 aliphatic heterocycles. The highest BCUT2D eigenvalue weighted by atomic mass is 16.3. The number of nitrogens with zero attached hydrogens (tertiary/aromatic N) is 1. The molecule has 4 heteroatoms. The molecule has 1 aromatic rings. The van der Waals surface area contributed by atoms with Crippen molar-refractivity contribution in [2.24, 2.45) is 0 Å². The Morgan fingerprint density at radius 1 is 1.56 bits per heavy atom. The Morgan fingerprint density at radius 3 is 2.78 bits per heavy atom. The minimum atomic E-state index is -0.0183. The molecule has 0 aliphatic carbocycles. The highest BCUT2D eigenvalue weighted by Gasteiger charge is 2.17. The highest BCUT2D eigenvalue weighted by Crippen LogP contribution is 2.17. The van der Waals surface area contributed by atoms with E-state index in [4.69, 9.17) is 4.42 Å². The van der Waals surface area contributed by atoms with Gasteiger partial charge in [0.05, 0.1) is 12.3 Å². The third kappa shape index (κ3) is 4.04. The van der Waals surface area contributed by atoms with E-state index in [1.807, 2.05) is 51.1 Å². The van der Waals surface area contributed by atoms with Gasteiger partial charge in [-0.2, -0.15) is 0 Å². The molecule has 0 saturated carbocycles. The molecule has 1 amide bonds. The summed E-state index contributed by atoms with van der Waals surface area (Å²) in [6.07, 6.45) is 4.44. The number of carbonyl (C=O) groups is 1. The molecule has 0 bridgehead atoms. The summed E-state index contributed by atoms with van der Waals surface area (Å²) in [5.41, 5.74) is 0.759. The first-order chi connectivity index (χ1) is 8.56. The van der Waals surface area contributed by atoms with Gasteiger partial charge in [0.15, 0.2) is 0 Å². The lowest BCUT2D eigenvalue weighted by atomic mass is 10.2. The van der Waals surface area contributed by atoms with Crippen LogP contribution in [0, 0.1) is 0 Å². The number of rotatable bonds is 6. The number of furan rings is 1. The molecular formula is C14H22N2O2. The number of amides is 1. The molecule has 1 N–H and O–H groups in total. The summed E-state index contributed by atoms with van der Waals surface area (Å²) in [6.45, 7) is 4.38. The topological polar surface area (TPSA) is 45.5 Å². The summed E-state index contributed by atoms with van der Waals surface area (Å²) < 4.78 is 5.39. The fraction of sp³-hybridized carbons (Fsp3) is 0.500. The van der Waals surface area contributed by atoms with Crippen molar-refractivity contribution >= 4 is 5.91 Å². The molecule has 0 radical (unpaired) electrons. The fourth-order valence-electron chi connectivity index (χ4n) is 1.75. The molecule has 1 rings (SSSR count). The van der Waals surface area contributed by atoms with Gasteiger partial charge in [-0.25, -0.2) is 0 Å². The second-order valence-electron chi connectivity index (χ2n) is 4.50. The summed E-state index contributed by atoms with van der Waals surface area (Å²) in [7, 11) is 3.93. The predicted octanol–water partition coefficient (Wildman–Crippen LogP) is 2.35. The van der Waals surface area contributed by atoms with Crippen molar-refractivity contribution in [1.82, 2.24) is 10.2 Å². The van der Waals surface area contributed by atoms with E-state index in [2.05, 4.69) is 5.32 Å². The van der Waals surface area contributed by atoms with Crippen molar-refractivity contribution in [3.05, 3.63) is 35.8 Å². The lowest BCUT2D eigenvalue weighted by molar-refractivity contribution is -0.117. The molecule has 0 spiro atoms. The lowest BCUT2D eigenvalue weighted by Gasteiger charge is -2.22. The molecule has 0 aliphatic rings. The van der Waals surface area contributed by atoms with Gasteiger partial charge >= 0.3 is 0 Å². The van der Waals surface area contributed by atoms with E-state index in [9.17, 15) is 4.79 Å². The quantitative estimate of drug-likeness (QED) is 0.788. The molecule has 1 unspecified atom stereocenters. The van der Waals surface area contributed by atoms with E-state index >= 15 is 0 Å². The molecular weight excluding hydrogens is 228 g/mol. The molecule has 1 atom stereocenters. The standard InChI is InChI=1S/C14H22N2O2/c1-5-7-11(2)14(17)15-10-12(16(3)4)13-8-6-9-18-13/h6-9,12H,5,10H2,1-4H3,(H,15,17). The number of likely N-dealkylation sites (N-methyl/N-ethyl adjacent to an activating group) is 1. The molecule has 0 saturated heterocycles. The first-order valence-corrected chi connectivity index (χ1v) is 6.21. The van der Waals surface area contributed by atoms with Gasteiger partial charge in [0.2, 0.25) is 5.91 Å². The van der Waals surface area contributed by atoms with Crippen molar-refractivity contribution in [1.29, 1.82) is 0 Å².